The normalized spacial score (nSPS) is 11.1. The molecule has 7 heteroatoms. The van der Waals surface area contributed by atoms with Crippen molar-refractivity contribution in [3.63, 3.8) is 0 Å². The van der Waals surface area contributed by atoms with Crippen LogP contribution < -0.4 is 0 Å². The summed E-state index contributed by atoms with van der Waals surface area (Å²) >= 11 is 7.30. The van der Waals surface area contributed by atoms with Crippen molar-refractivity contribution in [3.05, 3.63) is 23.3 Å². The summed E-state index contributed by atoms with van der Waals surface area (Å²) in [5.41, 5.74) is 0.712. The smallest absolute Gasteiger partial charge is 0.207 e. The van der Waals surface area contributed by atoms with Crippen LogP contribution in [0.25, 0.3) is 0 Å². The van der Waals surface area contributed by atoms with Gasteiger partial charge in [-0.05, 0) is 11.6 Å². The van der Waals surface area contributed by atoms with Gasteiger partial charge in [-0.25, -0.2) is 8.42 Å². The van der Waals surface area contributed by atoms with Crippen molar-refractivity contribution in [1.82, 2.24) is 0 Å². The van der Waals surface area contributed by atoms with Gasteiger partial charge in [0.2, 0.25) is 0 Å². The number of thiol groups is 1. The fourth-order valence-electron chi connectivity index (χ4n) is 1.03. The minimum absolute atomic E-state index is 0.0229. The molecule has 0 radical (unpaired) electrons. The zero-order chi connectivity index (χ0) is 11.6. The van der Waals surface area contributed by atoms with Gasteiger partial charge in [-0.15, -0.1) is 12.6 Å². The molecule has 0 fully saturated rings. The number of alkyl halides is 1. The van der Waals surface area contributed by atoms with E-state index in [4.69, 9.17) is 15.9 Å². The van der Waals surface area contributed by atoms with Gasteiger partial charge in [0.05, 0.1) is 5.56 Å². The Labute approximate surface area is 106 Å². The molecule has 0 N–H and O–H groups in total. The quantitative estimate of drug-likeness (QED) is 0.516. The monoisotopic (exact) mass is 325 g/mol. The summed E-state index contributed by atoms with van der Waals surface area (Å²) in [5, 5.41) is 9.33. The highest BCUT2D eigenvalue weighted by Gasteiger charge is 2.19. The third-order valence-corrected chi connectivity index (χ3v) is 4.22. The fourth-order valence-corrected chi connectivity index (χ4v) is 3.13. The third-order valence-electron chi connectivity index (χ3n) is 1.74. The Morgan fingerprint density at radius 2 is 2.13 bits per heavy atom. The predicted molar refractivity (Wildman–Crippen MR) is 64.1 cm³/mol. The second kappa shape index (κ2) is 4.74. The summed E-state index contributed by atoms with van der Waals surface area (Å²) in [6.07, 6.45) is 0. The van der Waals surface area contributed by atoms with Crippen molar-refractivity contribution >= 4 is 48.3 Å². The van der Waals surface area contributed by atoms with Crippen LogP contribution in [-0.4, -0.2) is 8.42 Å². The molecular formula is C8H5BrClNO2S2. The number of nitrogens with zero attached hydrogens (tertiary/aromatic N) is 1. The molecule has 1 aromatic rings. The molecule has 0 atom stereocenters. The molecule has 0 spiro atoms. The second-order valence-corrected chi connectivity index (χ2v) is 6.17. The Morgan fingerprint density at radius 3 is 2.53 bits per heavy atom. The van der Waals surface area contributed by atoms with Crippen molar-refractivity contribution in [2.75, 3.05) is 0 Å². The van der Waals surface area contributed by atoms with Gasteiger partial charge in [-0.1, -0.05) is 22.0 Å². The minimum atomic E-state index is -3.91. The Morgan fingerprint density at radius 1 is 1.53 bits per heavy atom. The molecule has 0 unspecified atom stereocenters. The Hall–Kier alpha value is -0.220. The fraction of sp³-hybridized carbons (Fsp3) is 0.125. The summed E-state index contributed by atoms with van der Waals surface area (Å²) < 4.78 is 22.3. The lowest BCUT2D eigenvalue weighted by molar-refractivity contribution is 0.609. The van der Waals surface area contributed by atoms with Crippen molar-refractivity contribution < 1.29 is 8.42 Å². The maximum Gasteiger partial charge on any atom is 0.262 e. The van der Waals surface area contributed by atoms with E-state index < -0.39 is 9.05 Å². The van der Waals surface area contributed by atoms with Crippen LogP contribution in [0.15, 0.2) is 21.9 Å². The first-order valence-corrected chi connectivity index (χ1v) is 7.55. The number of nitriles is 1. The average Bonchev–Trinajstić information content (AvgIpc) is 2.15. The number of halogens is 2. The zero-order valence-electron chi connectivity index (χ0n) is 7.24. The van der Waals surface area contributed by atoms with Crippen LogP contribution in [-0.2, 0) is 14.4 Å². The average molecular weight is 327 g/mol. The number of hydrogen-bond acceptors (Lipinski definition) is 4. The molecule has 0 amide bonds. The number of hydrogen-bond donors (Lipinski definition) is 1. The van der Waals surface area contributed by atoms with Gasteiger partial charge in [-0.2, -0.15) is 5.26 Å². The van der Waals surface area contributed by atoms with Gasteiger partial charge in [0.1, 0.15) is 11.0 Å². The lowest BCUT2D eigenvalue weighted by Crippen LogP contribution is -1.98. The largest absolute Gasteiger partial charge is 0.262 e. The van der Waals surface area contributed by atoms with E-state index in [9.17, 15) is 8.42 Å². The molecule has 0 aliphatic rings. The maximum atomic E-state index is 11.1. The molecule has 80 valence electrons. The van der Waals surface area contributed by atoms with Crippen LogP contribution in [0, 0.1) is 11.3 Å². The van der Waals surface area contributed by atoms with Gasteiger partial charge in [0.15, 0.2) is 0 Å². The highest BCUT2D eigenvalue weighted by Crippen LogP contribution is 2.28. The van der Waals surface area contributed by atoms with Gasteiger partial charge >= 0.3 is 0 Å². The SMILES string of the molecule is N#Cc1c(S(=O)(=O)Cl)ccc(CBr)c1S. The van der Waals surface area contributed by atoms with E-state index in [-0.39, 0.29) is 10.5 Å². The molecule has 0 saturated carbocycles. The molecule has 15 heavy (non-hydrogen) atoms. The summed E-state index contributed by atoms with van der Waals surface area (Å²) in [6, 6.07) is 4.65. The Balaban J connectivity index is 3.61. The predicted octanol–water partition coefficient (Wildman–Crippen LogP) is 2.67. The van der Waals surface area contributed by atoms with E-state index in [1.165, 1.54) is 6.07 Å². The molecular weight excluding hydrogens is 322 g/mol. The second-order valence-electron chi connectivity index (χ2n) is 2.63. The summed E-state index contributed by atoms with van der Waals surface area (Å²) in [4.78, 5) is 0.123. The van der Waals surface area contributed by atoms with Crippen LogP contribution in [0.5, 0.6) is 0 Å². The van der Waals surface area contributed by atoms with E-state index in [1.807, 2.05) is 0 Å². The van der Waals surface area contributed by atoms with E-state index in [0.29, 0.717) is 10.2 Å². The molecule has 1 rings (SSSR count). The van der Waals surface area contributed by atoms with Crippen LogP contribution in [0.4, 0.5) is 0 Å². The topological polar surface area (TPSA) is 57.9 Å². The van der Waals surface area contributed by atoms with Crippen LogP contribution in [0.3, 0.4) is 0 Å². The lowest BCUT2D eigenvalue weighted by Gasteiger charge is -2.06. The van der Waals surface area contributed by atoms with Crippen molar-refractivity contribution in [2.24, 2.45) is 0 Å². The van der Waals surface area contributed by atoms with Crippen LogP contribution in [0.1, 0.15) is 11.1 Å². The van der Waals surface area contributed by atoms with E-state index >= 15 is 0 Å². The minimum Gasteiger partial charge on any atom is -0.207 e. The molecule has 1 aromatic carbocycles. The molecule has 0 aliphatic heterocycles. The van der Waals surface area contributed by atoms with Gasteiger partial charge in [0, 0.05) is 20.9 Å². The lowest BCUT2D eigenvalue weighted by atomic mass is 10.1. The first-order valence-electron chi connectivity index (χ1n) is 3.67. The van der Waals surface area contributed by atoms with E-state index in [0.717, 1.165) is 5.56 Å². The highest BCUT2D eigenvalue weighted by molar-refractivity contribution is 9.08. The van der Waals surface area contributed by atoms with Crippen LogP contribution in [0.2, 0.25) is 0 Å². The summed E-state index contributed by atoms with van der Waals surface area (Å²) in [5.74, 6) is 0. The molecule has 3 nitrogen and oxygen atoms in total. The van der Waals surface area contributed by atoms with Crippen molar-refractivity contribution in [3.8, 4) is 6.07 Å². The molecule has 0 heterocycles. The number of rotatable bonds is 2. The maximum absolute atomic E-state index is 11.1. The third kappa shape index (κ3) is 2.67. The molecule has 0 aromatic heterocycles. The van der Waals surface area contributed by atoms with Crippen LogP contribution >= 0.6 is 39.2 Å². The van der Waals surface area contributed by atoms with Gasteiger partial charge < -0.3 is 0 Å². The standard InChI is InChI=1S/C8H5BrClNO2S2/c9-3-5-1-2-7(15(10,12)13)6(4-11)8(5)14/h1-2,14H,3H2. The van der Waals surface area contributed by atoms with Gasteiger partial charge in [-0.3, -0.25) is 0 Å². The Bertz CT molecular complexity index is 536. The van der Waals surface area contributed by atoms with E-state index in [1.54, 1.807) is 12.1 Å². The number of benzene rings is 1. The summed E-state index contributed by atoms with van der Waals surface area (Å²) in [7, 11) is 1.28. The van der Waals surface area contributed by atoms with E-state index in [2.05, 4.69) is 28.6 Å². The molecule has 0 bridgehead atoms. The highest BCUT2D eigenvalue weighted by atomic mass is 79.9. The molecule has 0 saturated heterocycles. The van der Waals surface area contributed by atoms with Crippen molar-refractivity contribution in [2.45, 2.75) is 15.1 Å². The summed E-state index contributed by atoms with van der Waals surface area (Å²) in [6.45, 7) is 0. The van der Waals surface area contributed by atoms with Gasteiger partial charge in [0.25, 0.3) is 9.05 Å². The first-order chi connectivity index (χ1) is 6.91. The molecule has 0 aliphatic carbocycles. The zero-order valence-corrected chi connectivity index (χ0v) is 11.3. The Kier molecular flexibility index (Phi) is 4.06. The first kappa shape index (κ1) is 12.8. The van der Waals surface area contributed by atoms with Crippen molar-refractivity contribution in [1.29, 1.82) is 5.26 Å².